The van der Waals surface area contributed by atoms with Gasteiger partial charge in [0.1, 0.15) is 18.4 Å². The molecule has 0 saturated heterocycles. The molecule has 0 aliphatic heterocycles. The first-order chi connectivity index (χ1) is 19.4. The van der Waals surface area contributed by atoms with Gasteiger partial charge >= 0.3 is 10.2 Å². The molecule has 0 spiro atoms. The molecule has 0 radical (unpaired) electrons. The van der Waals surface area contributed by atoms with Crippen molar-refractivity contribution in [2.45, 2.75) is 45.3 Å². The lowest BCUT2D eigenvalue weighted by Crippen LogP contribution is -2.55. The molecule has 0 bridgehead atoms. The number of nitrogens with one attached hydrogen (secondary N) is 1. The maximum Gasteiger partial charge on any atom is 0.304 e. The fraction of sp³-hybridized carbons (Fsp3) is 0.333. The van der Waals surface area contributed by atoms with Gasteiger partial charge in [0.2, 0.25) is 11.8 Å². The average Bonchev–Trinajstić information content (AvgIpc) is 2.95. The first kappa shape index (κ1) is 32.0. The molecule has 1 N–H and O–H groups in total. The number of carbonyl (C=O) groups is 2. The Morgan fingerprint density at radius 3 is 2.15 bits per heavy atom. The van der Waals surface area contributed by atoms with E-state index in [1.807, 2.05) is 44.2 Å². The Bertz CT molecular complexity index is 1420. The predicted octanol–water partition coefficient (Wildman–Crippen LogP) is 4.65. The maximum absolute atomic E-state index is 14.2. The number of anilines is 1. The van der Waals surface area contributed by atoms with Gasteiger partial charge in [-0.25, -0.2) is 8.70 Å². The highest BCUT2D eigenvalue weighted by molar-refractivity contribution is 7.90. The minimum atomic E-state index is -4.17. The second kappa shape index (κ2) is 14.4. The summed E-state index contributed by atoms with van der Waals surface area (Å²) in [7, 11) is -1.49. The van der Waals surface area contributed by atoms with E-state index >= 15 is 0 Å². The fourth-order valence-corrected chi connectivity index (χ4v) is 5.38. The predicted molar refractivity (Wildman–Crippen MR) is 160 cm³/mol. The number of halogens is 2. The third-order valence-corrected chi connectivity index (χ3v) is 8.89. The van der Waals surface area contributed by atoms with Crippen LogP contribution in [-0.2, 0) is 32.8 Å². The van der Waals surface area contributed by atoms with Gasteiger partial charge in [-0.05, 0) is 54.8 Å². The molecule has 2 atom stereocenters. The zero-order valence-corrected chi connectivity index (χ0v) is 25.2. The summed E-state index contributed by atoms with van der Waals surface area (Å²) in [6.45, 7) is 3.15. The Balaban J connectivity index is 2.10. The molecule has 3 rings (SSSR count). The molecule has 0 aliphatic rings. The standard InChI is InChI=1S/C30H36ClFN4O4S/c1-5-22(2)33-30(38)28(19-23-11-7-6-8-12-23)35(20-24-13-9-10-14-27(24)31)29(37)21-36(41(39,40)34(3)4)26-17-15-25(32)16-18-26/h6-18,22,28H,5,19-21H2,1-4H3,(H,33,38). The molecule has 0 heterocycles. The summed E-state index contributed by atoms with van der Waals surface area (Å²) < 4.78 is 42.3. The van der Waals surface area contributed by atoms with Gasteiger partial charge in [0.15, 0.2) is 0 Å². The van der Waals surface area contributed by atoms with Crippen molar-refractivity contribution in [3.05, 3.63) is 101 Å². The van der Waals surface area contributed by atoms with Gasteiger partial charge < -0.3 is 10.2 Å². The van der Waals surface area contributed by atoms with E-state index in [2.05, 4.69) is 5.32 Å². The summed E-state index contributed by atoms with van der Waals surface area (Å²) in [6.07, 6.45) is 0.873. The monoisotopic (exact) mass is 602 g/mol. The van der Waals surface area contributed by atoms with Crippen LogP contribution in [0.4, 0.5) is 10.1 Å². The Kier molecular flexibility index (Phi) is 11.3. The van der Waals surface area contributed by atoms with E-state index in [-0.39, 0.29) is 30.6 Å². The molecule has 0 fully saturated rings. The van der Waals surface area contributed by atoms with Crippen molar-refractivity contribution in [2.24, 2.45) is 0 Å². The van der Waals surface area contributed by atoms with Crippen molar-refractivity contribution in [2.75, 3.05) is 24.9 Å². The lowest BCUT2D eigenvalue weighted by atomic mass is 10.0. The molecule has 41 heavy (non-hydrogen) atoms. The highest BCUT2D eigenvalue weighted by atomic mass is 35.5. The van der Waals surface area contributed by atoms with Gasteiger partial charge in [0.05, 0.1) is 5.69 Å². The fourth-order valence-electron chi connectivity index (χ4n) is 4.13. The van der Waals surface area contributed by atoms with Gasteiger partial charge in [0, 0.05) is 38.1 Å². The van der Waals surface area contributed by atoms with Gasteiger partial charge in [-0.3, -0.25) is 9.59 Å². The topological polar surface area (TPSA) is 90.0 Å². The Labute approximate surface area is 246 Å². The summed E-state index contributed by atoms with van der Waals surface area (Å²) in [5.74, 6) is -1.54. The van der Waals surface area contributed by atoms with Gasteiger partial charge in [-0.15, -0.1) is 0 Å². The van der Waals surface area contributed by atoms with Crippen LogP contribution >= 0.6 is 11.6 Å². The van der Waals surface area contributed by atoms with E-state index < -0.39 is 34.5 Å². The largest absolute Gasteiger partial charge is 0.352 e. The van der Waals surface area contributed by atoms with Gasteiger partial charge in [-0.2, -0.15) is 12.7 Å². The third kappa shape index (κ3) is 8.51. The van der Waals surface area contributed by atoms with Crippen LogP contribution in [0.2, 0.25) is 5.02 Å². The molecule has 0 saturated carbocycles. The minimum absolute atomic E-state index is 0.0385. The minimum Gasteiger partial charge on any atom is -0.352 e. The van der Waals surface area contributed by atoms with Crippen molar-refractivity contribution >= 4 is 39.3 Å². The number of rotatable bonds is 13. The molecule has 8 nitrogen and oxygen atoms in total. The number of hydrogen-bond acceptors (Lipinski definition) is 4. The van der Waals surface area contributed by atoms with Crippen molar-refractivity contribution < 1.29 is 22.4 Å². The normalized spacial score (nSPS) is 13.0. The molecular formula is C30H36ClFN4O4S. The lowest BCUT2D eigenvalue weighted by molar-refractivity contribution is -0.140. The Hall–Kier alpha value is -3.47. The van der Waals surface area contributed by atoms with Gasteiger partial charge in [-0.1, -0.05) is 67.1 Å². The number of nitrogens with zero attached hydrogens (tertiary/aromatic N) is 3. The number of hydrogen-bond donors (Lipinski definition) is 1. The molecule has 2 amide bonds. The maximum atomic E-state index is 14.2. The van der Waals surface area contributed by atoms with E-state index in [0.29, 0.717) is 17.0 Å². The molecule has 3 aromatic rings. The SMILES string of the molecule is CCC(C)NC(=O)C(Cc1ccccc1)N(Cc1ccccc1Cl)C(=O)CN(c1ccc(F)cc1)S(=O)(=O)N(C)C. The molecule has 3 aromatic carbocycles. The van der Waals surface area contributed by atoms with Crippen molar-refractivity contribution in [3.63, 3.8) is 0 Å². The quantitative estimate of drug-likeness (QED) is 0.308. The van der Waals surface area contributed by atoms with Crippen LogP contribution in [0.5, 0.6) is 0 Å². The van der Waals surface area contributed by atoms with Crippen molar-refractivity contribution in [1.82, 2.24) is 14.5 Å². The van der Waals surface area contributed by atoms with E-state index in [1.165, 1.54) is 31.1 Å². The average molecular weight is 603 g/mol. The van der Waals surface area contributed by atoms with Crippen LogP contribution in [0, 0.1) is 5.82 Å². The van der Waals surface area contributed by atoms with Gasteiger partial charge in [0.25, 0.3) is 0 Å². The lowest BCUT2D eigenvalue weighted by Gasteiger charge is -2.35. The second-order valence-corrected chi connectivity index (χ2v) is 12.4. The smallest absolute Gasteiger partial charge is 0.304 e. The van der Waals surface area contributed by atoms with E-state index in [9.17, 15) is 22.4 Å². The molecule has 220 valence electrons. The highest BCUT2D eigenvalue weighted by Crippen LogP contribution is 2.24. The summed E-state index contributed by atoms with van der Waals surface area (Å²) >= 11 is 6.47. The first-order valence-corrected chi connectivity index (χ1v) is 15.0. The Morgan fingerprint density at radius 1 is 0.951 bits per heavy atom. The highest BCUT2D eigenvalue weighted by Gasteiger charge is 2.35. The van der Waals surface area contributed by atoms with Crippen LogP contribution in [-0.4, -0.2) is 62.2 Å². The van der Waals surface area contributed by atoms with Crippen LogP contribution in [0.1, 0.15) is 31.4 Å². The van der Waals surface area contributed by atoms with Crippen LogP contribution in [0.3, 0.4) is 0 Å². The zero-order chi connectivity index (χ0) is 30.2. The number of amides is 2. The van der Waals surface area contributed by atoms with Crippen LogP contribution in [0.25, 0.3) is 0 Å². The summed E-state index contributed by atoms with van der Waals surface area (Å²) in [5.41, 5.74) is 1.53. The summed E-state index contributed by atoms with van der Waals surface area (Å²) in [6, 6.07) is 19.9. The summed E-state index contributed by atoms with van der Waals surface area (Å²) in [5, 5.41) is 3.38. The van der Waals surface area contributed by atoms with Crippen LogP contribution < -0.4 is 9.62 Å². The first-order valence-electron chi connectivity index (χ1n) is 13.3. The third-order valence-electron chi connectivity index (χ3n) is 6.70. The van der Waals surface area contributed by atoms with Crippen LogP contribution in [0.15, 0.2) is 78.9 Å². The molecule has 0 aliphatic carbocycles. The van der Waals surface area contributed by atoms with Crippen molar-refractivity contribution in [1.29, 1.82) is 0 Å². The number of benzene rings is 3. The number of carbonyl (C=O) groups excluding carboxylic acids is 2. The zero-order valence-electron chi connectivity index (χ0n) is 23.6. The summed E-state index contributed by atoms with van der Waals surface area (Å²) in [4.78, 5) is 29.3. The van der Waals surface area contributed by atoms with Crippen molar-refractivity contribution in [3.8, 4) is 0 Å². The molecule has 0 aromatic heterocycles. The molecule has 11 heteroatoms. The molecule has 2 unspecified atom stereocenters. The molecular weight excluding hydrogens is 567 g/mol. The van der Waals surface area contributed by atoms with E-state index in [4.69, 9.17) is 11.6 Å². The Morgan fingerprint density at radius 2 is 1.56 bits per heavy atom. The second-order valence-electron chi connectivity index (χ2n) is 9.91. The van der Waals surface area contributed by atoms with E-state index in [0.717, 1.165) is 26.3 Å². The van der Waals surface area contributed by atoms with E-state index in [1.54, 1.807) is 24.3 Å².